The van der Waals surface area contributed by atoms with Gasteiger partial charge < -0.3 is 14.6 Å². The zero-order valence-corrected chi connectivity index (χ0v) is 21.8. The van der Waals surface area contributed by atoms with Crippen molar-refractivity contribution in [2.24, 2.45) is 0 Å². The highest BCUT2D eigenvalue weighted by atomic mass is 35.5. The van der Waals surface area contributed by atoms with E-state index in [4.69, 9.17) is 9.47 Å². The Bertz CT molecular complexity index is 1440. The maximum atomic E-state index is 14.9. The molecular formula is C31H30ClF2NO3. The normalized spacial score (nSPS) is 17.1. The average Bonchev–Trinajstić information content (AvgIpc) is 3.19. The molecule has 7 heteroatoms. The van der Waals surface area contributed by atoms with Gasteiger partial charge in [-0.3, -0.25) is 4.90 Å². The lowest BCUT2D eigenvalue weighted by atomic mass is 9.85. The van der Waals surface area contributed by atoms with Gasteiger partial charge in [0.05, 0.1) is 5.56 Å². The van der Waals surface area contributed by atoms with Crippen molar-refractivity contribution >= 4 is 23.2 Å². The second-order valence-corrected chi connectivity index (χ2v) is 9.84. The summed E-state index contributed by atoms with van der Waals surface area (Å²) in [5.41, 5.74) is 2.24. The lowest BCUT2D eigenvalue weighted by molar-refractivity contribution is 0.213. The Morgan fingerprint density at radius 3 is 2.37 bits per heavy atom. The number of likely N-dealkylation sites (tertiary alicyclic amines) is 1. The number of nitrogens with zero attached hydrogens (tertiary/aromatic N) is 1. The Morgan fingerprint density at radius 1 is 0.868 bits per heavy atom. The molecule has 4 nitrogen and oxygen atoms in total. The Hall–Kier alpha value is -3.35. The minimum atomic E-state index is -0.654. The molecule has 38 heavy (non-hydrogen) atoms. The summed E-state index contributed by atoms with van der Waals surface area (Å²) in [7, 11) is 0. The van der Waals surface area contributed by atoms with E-state index in [2.05, 4.69) is 4.90 Å². The maximum absolute atomic E-state index is 14.9. The van der Waals surface area contributed by atoms with E-state index in [9.17, 15) is 13.9 Å². The minimum Gasteiger partial charge on any atom is -0.508 e. The molecule has 0 radical (unpaired) electrons. The Balaban J connectivity index is 0.00000294. The largest absolute Gasteiger partial charge is 0.508 e. The number of hydrogen-bond acceptors (Lipinski definition) is 4. The van der Waals surface area contributed by atoms with Crippen LogP contribution in [-0.2, 0) is 0 Å². The van der Waals surface area contributed by atoms with Gasteiger partial charge in [0.15, 0.2) is 17.7 Å². The summed E-state index contributed by atoms with van der Waals surface area (Å²) in [5, 5.41) is 11.6. The standard InChI is InChI=1S/C31H29F2NO3.ClH/c32-26-13-14-27(33)31-29(26)25-11-7-21-19-22(35)8-12-24(21)28(25)30(37-31)20-5-9-23(10-6-20)36-18-17-34-15-3-1-2-4-16-34;/h5-14,19,30,35H,1-4,15-18H2;1H. The quantitative estimate of drug-likeness (QED) is 0.284. The molecule has 0 saturated carbocycles. The van der Waals surface area contributed by atoms with Crippen LogP contribution in [0.4, 0.5) is 8.78 Å². The number of phenolic OH excluding ortho intramolecular Hbond substituents is 1. The smallest absolute Gasteiger partial charge is 0.167 e. The molecule has 198 valence electrons. The van der Waals surface area contributed by atoms with E-state index in [-0.39, 0.29) is 29.5 Å². The molecule has 4 aromatic rings. The Morgan fingerprint density at radius 2 is 1.61 bits per heavy atom. The molecule has 4 aromatic carbocycles. The highest BCUT2D eigenvalue weighted by Gasteiger charge is 2.33. The third-order valence-electron chi connectivity index (χ3n) is 7.43. The lowest BCUT2D eigenvalue weighted by Crippen LogP contribution is -2.29. The SMILES string of the molecule is Cl.Oc1ccc2c3c(ccc2c1)-c1c(F)ccc(F)c1OC3c1ccc(OCCN2CCCCCC2)cc1. The zero-order chi connectivity index (χ0) is 25.4. The Labute approximate surface area is 227 Å². The van der Waals surface area contributed by atoms with Gasteiger partial charge in [0, 0.05) is 12.1 Å². The number of ether oxygens (including phenoxy) is 2. The molecular weight excluding hydrogens is 508 g/mol. The van der Waals surface area contributed by atoms with Gasteiger partial charge in [0.1, 0.15) is 23.9 Å². The number of aromatic hydroxyl groups is 1. The van der Waals surface area contributed by atoms with Crippen LogP contribution in [0.3, 0.4) is 0 Å². The van der Waals surface area contributed by atoms with Gasteiger partial charge in [-0.05, 0) is 84.2 Å². The van der Waals surface area contributed by atoms with Crippen molar-refractivity contribution in [3.63, 3.8) is 0 Å². The van der Waals surface area contributed by atoms with Gasteiger partial charge >= 0.3 is 0 Å². The van der Waals surface area contributed by atoms with Crippen LogP contribution in [-0.4, -0.2) is 36.2 Å². The second kappa shape index (κ2) is 11.2. The van der Waals surface area contributed by atoms with Gasteiger partial charge in [-0.25, -0.2) is 8.78 Å². The summed E-state index contributed by atoms with van der Waals surface area (Å²) in [4.78, 5) is 2.46. The first-order chi connectivity index (χ1) is 18.1. The third-order valence-corrected chi connectivity index (χ3v) is 7.43. The molecule has 2 aliphatic rings. The highest BCUT2D eigenvalue weighted by Crippen LogP contribution is 2.49. The number of hydrogen-bond donors (Lipinski definition) is 1. The molecule has 0 aliphatic carbocycles. The van der Waals surface area contributed by atoms with E-state index in [1.807, 2.05) is 30.3 Å². The first-order valence-electron chi connectivity index (χ1n) is 12.9. The molecule has 0 aromatic heterocycles. The number of benzene rings is 4. The van der Waals surface area contributed by atoms with E-state index < -0.39 is 17.7 Å². The minimum absolute atomic E-state index is 0. The number of fused-ring (bicyclic) bond motifs is 5. The van der Waals surface area contributed by atoms with Crippen LogP contribution in [0.25, 0.3) is 21.9 Å². The van der Waals surface area contributed by atoms with Gasteiger partial charge in [0.25, 0.3) is 0 Å². The summed E-state index contributed by atoms with van der Waals surface area (Å²) in [5.74, 6) is -0.336. The van der Waals surface area contributed by atoms with Crippen molar-refractivity contribution in [2.75, 3.05) is 26.2 Å². The molecule has 0 bridgehead atoms. The molecule has 1 saturated heterocycles. The second-order valence-electron chi connectivity index (χ2n) is 9.84. The van der Waals surface area contributed by atoms with Crippen molar-refractivity contribution in [2.45, 2.75) is 31.8 Å². The summed E-state index contributed by atoms with van der Waals surface area (Å²) in [6, 6.07) is 18.5. The van der Waals surface area contributed by atoms with E-state index in [0.29, 0.717) is 12.2 Å². The number of halogens is 3. The fraction of sp³-hybridized carbons (Fsp3) is 0.290. The van der Waals surface area contributed by atoms with E-state index in [0.717, 1.165) is 59.4 Å². The summed E-state index contributed by atoms with van der Waals surface area (Å²) >= 11 is 0. The Kier molecular flexibility index (Phi) is 7.73. The van der Waals surface area contributed by atoms with Gasteiger partial charge in [-0.15, -0.1) is 12.4 Å². The third kappa shape index (κ3) is 5.03. The predicted molar refractivity (Wildman–Crippen MR) is 148 cm³/mol. The van der Waals surface area contributed by atoms with Crippen LogP contribution in [0.1, 0.15) is 42.9 Å². The number of rotatable bonds is 5. The molecule has 0 spiro atoms. The molecule has 2 aliphatic heterocycles. The monoisotopic (exact) mass is 537 g/mol. The van der Waals surface area contributed by atoms with Gasteiger partial charge in [-0.2, -0.15) is 0 Å². The van der Waals surface area contributed by atoms with Crippen LogP contribution >= 0.6 is 12.4 Å². The molecule has 0 amide bonds. The molecule has 1 atom stereocenters. The van der Waals surface area contributed by atoms with Crippen LogP contribution in [0.2, 0.25) is 0 Å². The molecule has 6 rings (SSSR count). The van der Waals surface area contributed by atoms with E-state index in [1.165, 1.54) is 25.7 Å². The number of phenols is 1. The van der Waals surface area contributed by atoms with Crippen molar-refractivity contribution in [1.29, 1.82) is 0 Å². The van der Waals surface area contributed by atoms with Gasteiger partial charge in [0.2, 0.25) is 0 Å². The van der Waals surface area contributed by atoms with Crippen molar-refractivity contribution in [3.05, 3.63) is 89.5 Å². The fourth-order valence-electron chi connectivity index (χ4n) is 5.54. The average molecular weight is 538 g/mol. The predicted octanol–water partition coefficient (Wildman–Crippen LogP) is 7.65. The van der Waals surface area contributed by atoms with Crippen LogP contribution in [0.5, 0.6) is 17.2 Å². The van der Waals surface area contributed by atoms with E-state index >= 15 is 0 Å². The zero-order valence-electron chi connectivity index (χ0n) is 21.0. The van der Waals surface area contributed by atoms with E-state index in [1.54, 1.807) is 24.3 Å². The summed E-state index contributed by atoms with van der Waals surface area (Å²) in [6.07, 6.45) is 4.46. The maximum Gasteiger partial charge on any atom is 0.167 e. The summed E-state index contributed by atoms with van der Waals surface area (Å²) < 4.78 is 42.0. The molecule has 1 fully saturated rings. The lowest BCUT2D eigenvalue weighted by Gasteiger charge is -2.31. The van der Waals surface area contributed by atoms with Crippen LogP contribution in [0, 0.1) is 11.6 Å². The first kappa shape index (κ1) is 26.3. The fourth-order valence-corrected chi connectivity index (χ4v) is 5.54. The molecule has 2 heterocycles. The topological polar surface area (TPSA) is 41.9 Å². The van der Waals surface area contributed by atoms with Crippen molar-refractivity contribution < 1.29 is 23.4 Å². The van der Waals surface area contributed by atoms with Crippen LogP contribution < -0.4 is 9.47 Å². The first-order valence-corrected chi connectivity index (χ1v) is 12.9. The van der Waals surface area contributed by atoms with Gasteiger partial charge in [-0.1, -0.05) is 43.2 Å². The van der Waals surface area contributed by atoms with Crippen molar-refractivity contribution in [3.8, 4) is 28.4 Å². The van der Waals surface area contributed by atoms with Crippen LogP contribution in [0.15, 0.2) is 66.7 Å². The van der Waals surface area contributed by atoms with Crippen molar-refractivity contribution in [1.82, 2.24) is 4.90 Å². The molecule has 1 unspecified atom stereocenters. The highest BCUT2D eigenvalue weighted by molar-refractivity contribution is 5.95. The molecule has 1 N–H and O–H groups in total. The summed E-state index contributed by atoms with van der Waals surface area (Å²) in [6.45, 7) is 3.78.